The number of oxime groups is 1. The van der Waals surface area contributed by atoms with E-state index in [4.69, 9.17) is 0 Å². The van der Waals surface area contributed by atoms with Gasteiger partial charge in [-0.1, -0.05) is 21.1 Å². The fraction of sp³-hybridized carbons (Fsp3) is 0.200. The maximum atomic E-state index is 10.5. The average molecular weight is 272 g/mol. The summed E-state index contributed by atoms with van der Waals surface area (Å²) in [6, 6.07) is 4.99. The number of rotatable bonds is 2. The van der Waals surface area contributed by atoms with Crippen LogP contribution in [0.25, 0.3) is 0 Å². The Hall–Kier alpha value is -1.36. The van der Waals surface area contributed by atoms with Crippen molar-refractivity contribution in [1.29, 1.82) is 0 Å². The van der Waals surface area contributed by atoms with E-state index in [1.165, 1.54) is 6.92 Å². The molecule has 4 nitrogen and oxygen atoms in total. The number of phenols is 1. The molecule has 0 aliphatic carbocycles. The zero-order chi connectivity index (χ0) is 11.4. The summed E-state index contributed by atoms with van der Waals surface area (Å²) in [6.07, 6.45) is 0. The highest BCUT2D eigenvalue weighted by Crippen LogP contribution is 2.22. The quantitative estimate of drug-likeness (QED) is 0.511. The molecule has 0 spiro atoms. The Morgan fingerprint density at radius 1 is 1.47 bits per heavy atom. The van der Waals surface area contributed by atoms with Crippen LogP contribution >= 0.6 is 15.9 Å². The second-order valence-electron chi connectivity index (χ2n) is 2.92. The van der Waals surface area contributed by atoms with Gasteiger partial charge in [-0.25, -0.2) is 4.79 Å². The number of hydrogen-bond donors (Lipinski definition) is 1. The van der Waals surface area contributed by atoms with E-state index in [-0.39, 0.29) is 5.75 Å². The van der Waals surface area contributed by atoms with Gasteiger partial charge in [-0.15, -0.1) is 0 Å². The minimum absolute atomic E-state index is 0.0813. The normalized spacial score (nSPS) is 11.3. The first-order valence-electron chi connectivity index (χ1n) is 4.22. The first-order valence-corrected chi connectivity index (χ1v) is 5.01. The predicted molar refractivity (Wildman–Crippen MR) is 59.8 cm³/mol. The first-order chi connectivity index (χ1) is 7.00. The van der Waals surface area contributed by atoms with Crippen LogP contribution in [0.3, 0.4) is 0 Å². The number of carbonyl (C=O) groups is 1. The molecule has 80 valence electrons. The minimum Gasteiger partial charge on any atom is -0.507 e. The van der Waals surface area contributed by atoms with E-state index in [0.717, 1.165) is 4.47 Å². The van der Waals surface area contributed by atoms with Gasteiger partial charge in [0.1, 0.15) is 5.75 Å². The largest absolute Gasteiger partial charge is 0.507 e. The van der Waals surface area contributed by atoms with Crippen LogP contribution in [0.2, 0.25) is 0 Å². The van der Waals surface area contributed by atoms with Gasteiger partial charge in [-0.3, -0.25) is 0 Å². The summed E-state index contributed by atoms with van der Waals surface area (Å²) in [5.74, 6) is -0.413. The van der Waals surface area contributed by atoms with Gasteiger partial charge >= 0.3 is 5.97 Å². The average Bonchev–Trinajstić information content (AvgIpc) is 2.14. The number of carbonyl (C=O) groups excluding carboxylic acids is 1. The lowest BCUT2D eigenvalue weighted by Gasteiger charge is -2.03. The van der Waals surface area contributed by atoms with Crippen LogP contribution in [0, 0.1) is 0 Å². The highest BCUT2D eigenvalue weighted by molar-refractivity contribution is 9.10. The fourth-order valence-electron chi connectivity index (χ4n) is 0.993. The topological polar surface area (TPSA) is 58.9 Å². The van der Waals surface area contributed by atoms with Crippen molar-refractivity contribution < 1.29 is 14.7 Å². The molecule has 0 unspecified atom stereocenters. The zero-order valence-corrected chi connectivity index (χ0v) is 9.91. The Morgan fingerprint density at radius 2 is 2.13 bits per heavy atom. The molecule has 0 amide bonds. The van der Waals surface area contributed by atoms with Crippen LogP contribution in [0.5, 0.6) is 5.75 Å². The van der Waals surface area contributed by atoms with E-state index < -0.39 is 5.97 Å². The maximum absolute atomic E-state index is 10.5. The lowest BCUT2D eigenvalue weighted by Crippen LogP contribution is -1.99. The molecule has 5 heteroatoms. The molecule has 0 aliphatic heterocycles. The van der Waals surface area contributed by atoms with Gasteiger partial charge in [0.15, 0.2) is 0 Å². The van der Waals surface area contributed by atoms with E-state index in [9.17, 15) is 9.90 Å². The number of halogens is 1. The standard InChI is InChI=1S/C10H10BrNO3/c1-6(12-15-7(2)13)9-4-3-8(11)5-10(9)14/h3-5,14H,1-2H3/b12-6-. The summed E-state index contributed by atoms with van der Waals surface area (Å²) >= 11 is 3.22. The van der Waals surface area contributed by atoms with Gasteiger partial charge < -0.3 is 9.94 Å². The lowest BCUT2D eigenvalue weighted by atomic mass is 10.1. The minimum atomic E-state index is -0.494. The Balaban J connectivity index is 2.95. The second-order valence-corrected chi connectivity index (χ2v) is 3.84. The third-order valence-corrected chi connectivity index (χ3v) is 2.15. The third kappa shape index (κ3) is 3.36. The Kier molecular flexibility index (Phi) is 3.85. The van der Waals surface area contributed by atoms with Crippen molar-refractivity contribution in [2.24, 2.45) is 5.16 Å². The summed E-state index contributed by atoms with van der Waals surface area (Å²) in [5, 5.41) is 13.2. The number of aromatic hydroxyl groups is 1. The van der Waals surface area contributed by atoms with Gasteiger partial charge in [0.05, 0.1) is 5.71 Å². The molecule has 1 aromatic rings. The van der Waals surface area contributed by atoms with E-state index >= 15 is 0 Å². The molecule has 0 fully saturated rings. The van der Waals surface area contributed by atoms with Gasteiger partial charge in [0.2, 0.25) is 0 Å². The summed E-state index contributed by atoms with van der Waals surface area (Å²) < 4.78 is 0.768. The van der Waals surface area contributed by atoms with Crippen LogP contribution in [-0.4, -0.2) is 16.8 Å². The molecule has 0 radical (unpaired) electrons. The summed E-state index contributed by atoms with van der Waals surface area (Å²) in [4.78, 5) is 15.0. The third-order valence-electron chi connectivity index (χ3n) is 1.66. The highest BCUT2D eigenvalue weighted by atomic mass is 79.9. The molecule has 0 bridgehead atoms. The van der Waals surface area contributed by atoms with Crippen molar-refractivity contribution in [3.8, 4) is 5.75 Å². The molecule has 0 saturated carbocycles. The molecule has 0 saturated heterocycles. The molecular weight excluding hydrogens is 262 g/mol. The predicted octanol–water partition coefficient (Wildman–Crippen LogP) is 2.44. The van der Waals surface area contributed by atoms with Crippen molar-refractivity contribution in [2.75, 3.05) is 0 Å². The molecule has 0 heterocycles. The fourth-order valence-corrected chi connectivity index (χ4v) is 1.34. The Labute approximate surface area is 95.7 Å². The van der Waals surface area contributed by atoms with Gasteiger partial charge in [0.25, 0.3) is 0 Å². The van der Waals surface area contributed by atoms with Crippen LogP contribution in [0.15, 0.2) is 27.8 Å². The van der Waals surface area contributed by atoms with Crippen molar-refractivity contribution in [2.45, 2.75) is 13.8 Å². The summed E-state index contributed by atoms with van der Waals surface area (Å²) in [6.45, 7) is 2.91. The lowest BCUT2D eigenvalue weighted by molar-refractivity contribution is -0.140. The molecule has 0 atom stereocenters. The van der Waals surface area contributed by atoms with Crippen LogP contribution < -0.4 is 0 Å². The van der Waals surface area contributed by atoms with Gasteiger partial charge in [-0.05, 0) is 25.1 Å². The van der Waals surface area contributed by atoms with Crippen molar-refractivity contribution in [1.82, 2.24) is 0 Å². The molecule has 0 aliphatic rings. The molecule has 15 heavy (non-hydrogen) atoms. The smallest absolute Gasteiger partial charge is 0.331 e. The van der Waals surface area contributed by atoms with Gasteiger partial charge in [-0.2, -0.15) is 0 Å². The molecular formula is C10H10BrNO3. The number of phenolic OH excluding ortho intramolecular Hbond substituents is 1. The molecule has 1 N–H and O–H groups in total. The number of benzene rings is 1. The van der Waals surface area contributed by atoms with Crippen molar-refractivity contribution >= 4 is 27.6 Å². The highest BCUT2D eigenvalue weighted by Gasteiger charge is 2.05. The van der Waals surface area contributed by atoms with Crippen molar-refractivity contribution in [3.05, 3.63) is 28.2 Å². The summed E-state index contributed by atoms with van der Waals surface area (Å²) in [5.41, 5.74) is 0.967. The van der Waals surface area contributed by atoms with Crippen LogP contribution in [-0.2, 0) is 9.63 Å². The SMILES string of the molecule is CC(=O)O/N=C(/C)c1ccc(Br)cc1O. The van der Waals surface area contributed by atoms with Gasteiger partial charge in [0, 0.05) is 17.0 Å². The first kappa shape index (κ1) is 11.7. The van der Waals surface area contributed by atoms with E-state index in [1.54, 1.807) is 25.1 Å². The molecule has 1 rings (SSSR count). The van der Waals surface area contributed by atoms with E-state index in [0.29, 0.717) is 11.3 Å². The Bertz CT molecular complexity index is 415. The zero-order valence-electron chi connectivity index (χ0n) is 8.32. The number of hydrogen-bond acceptors (Lipinski definition) is 4. The molecule has 1 aromatic carbocycles. The number of nitrogens with zero attached hydrogens (tertiary/aromatic N) is 1. The van der Waals surface area contributed by atoms with Crippen LogP contribution in [0.4, 0.5) is 0 Å². The Morgan fingerprint density at radius 3 is 2.67 bits per heavy atom. The second kappa shape index (κ2) is 4.93. The van der Waals surface area contributed by atoms with Crippen LogP contribution in [0.1, 0.15) is 19.4 Å². The van der Waals surface area contributed by atoms with E-state index in [2.05, 4.69) is 25.9 Å². The molecule has 0 aromatic heterocycles. The van der Waals surface area contributed by atoms with E-state index in [1.807, 2.05) is 0 Å². The summed E-state index contributed by atoms with van der Waals surface area (Å²) in [7, 11) is 0. The monoisotopic (exact) mass is 271 g/mol. The maximum Gasteiger partial charge on any atom is 0.331 e. The van der Waals surface area contributed by atoms with Crippen molar-refractivity contribution in [3.63, 3.8) is 0 Å².